The molecule has 0 saturated heterocycles. The Kier molecular flexibility index (Phi) is 4.38. The molecule has 2 aromatic rings. The number of nitrogens with zero attached hydrogens (tertiary/aromatic N) is 2. The number of phenolic OH excluding ortho intramolecular Hbond substituents is 1. The Bertz CT molecular complexity index is 706. The van der Waals surface area contributed by atoms with Crippen molar-refractivity contribution in [3.05, 3.63) is 51.8 Å². The van der Waals surface area contributed by atoms with Gasteiger partial charge >= 0.3 is 0 Å². The van der Waals surface area contributed by atoms with Crippen LogP contribution in [0.15, 0.2) is 35.1 Å². The van der Waals surface area contributed by atoms with Gasteiger partial charge in [-0.15, -0.1) is 0 Å². The molecule has 0 saturated carbocycles. The van der Waals surface area contributed by atoms with Crippen LogP contribution >= 0.6 is 15.9 Å². The number of rotatable bonds is 3. The Labute approximate surface area is 125 Å². The molecule has 1 heterocycles. The Morgan fingerprint density at radius 2 is 2.20 bits per heavy atom. The first-order valence-corrected chi connectivity index (χ1v) is 6.53. The molecule has 2 rings (SSSR count). The predicted molar refractivity (Wildman–Crippen MR) is 80.2 cm³/mol. The summed E-state index contributed by atoms with van der Waals surface area (Å²) in [5.74, 6) is 0.445. The van der Waals surface area contributed by atoms with E-state index in [1.54, 1.807) is 24.4 Å². The van der Waals surface area contributed by atoms with E-state index in [4.69, 9.17) is 10.00 Å². The maximum atomic E-state index is 9.74. The molecule has 0 aliphatic carbocycles. The third-order valence-electron chi connectivity index (χ3n) is 2.70. The third-order valence-corrected chi connectivity index (χ3v) is 3.31. The summed E-state index contributed by atoms with van der Waals surface area (Å²) in [5.41, 5.74) is 2.13. The number of methoxy groups -OCH3 is 1. The first kappa shape index (κ1) is 14.1. The highest BCUT2D eigenvalue weighted by Gasteiger charge is 2.07. The number of phenols is 1. The molecule has 1 aromatic carbocycles. The van der Waals surface area contributed by atoms with Gasteiger partial charge in [-0.2, -0.15) is 5.26 Å². The lowest BCUT2D eigenvalue weighted by Gasteiger charge is -2.06. The van der Waals surface area contributed by atoms with E-state index < -0.39 is 0 Å². The largest absolute Gasteiger partial charge is 0.503 e. The van der Waals surface area contributed by atoms with E-state index in [-0.39, 0.29) is 5.75 Å². The minimum absolute atomic E-state index is 0.0614. The van der Waals surface area contributed by atoms with Gasteiger partial charge in [-0.05, 0) is 45.3 Å². The highest BCUT2D eigenvalue weighted by Crippen LogP contribution is 2.35. The van der Waals surface area contributed by atoms with Gasteiger partial charge in [0, 0.05) is 12.4 Å². The highest BCUT2D eigenvalue weighted by atomic mass is 79.9. The average molecular weight is 331 g/mol. The summed E-state index contributed by atoms with van der Waals surface area (Å²) in [4.78, 5) is 3.91. The van der Waals surface area contributed by atoms with Crippen molar-refractivity contribution in [1.29, 1.82) is 5.26 Å². The summed E-state index contributed by atoms with van der Waals surface area (Å²) in [6.45, 7) is 0. The summed E-state index contributed by atoms with van der Waals surface area (Å²) in [6, 6.07) is 7.33. The van der Waals surface area contributed by atoms with Gasteiger partial charge in [-0.3, -0.25) is 4.98 Å². The van der Waals surface area contributed by atoms with Crippen LogP contribution in [0.4, 0.5) is 0 Å². The molecule has 0 unspecified atom stereocenters. The number of nitriles is 1. The van der Waals surface area contributed by atoms with Gasteiger partial charge in [-0.25, -0.2) is 0 Å². The van der Waals surface area contributed by atoms with Crippen molar-refractivity contribution in [1.82, 2.24) is 4.98 Å². The summed E-state index contributed by atoms with van der Waals surface area (Å²) in [6.07, 6.45) is 6.81. The Balaban J connectivity index is 2.37. The fraction of sp³-hybridized carbons (Fsp3) is 0.0667. The normalized spacial score (nSPS) is 10.4. The molecule has 0 fully saturated rings. The quantitative estimate of drug-likeness (QED) is 0.933. The number of pyridine rings is 1. The van der Waals surface area contributed by atoms with Gasteiger partial charge in [0.2, 0.25) is 0 Å². The maximum Gasteiger partial charge on any atom is 0.172 e. The second kappa shape index (κ2) is 6.22. The van der Waals surface area contributed by atoms with Crippen molar-refractivity contribution in [2.24, 2.45) is 0 Å². The van der Waals surface area contributed by atoms with Gasteiger partial charge < -0.3 is 9.84 Å². The van der Waals surface area contributed by atoms with Crippen LogP contribution in [0.3, 0.4) is 0 Å². The zero-order valence-corrected chi connectivity index (χ0v) is 12.3. The standard InChI is InChI=1S/C15H11BrN2O2/c1-20-14-7-10(6-13(16)15(14)19)2-3-11-4-5-18-9-12(11)8-17/h2-7,9,19H,1H3/b3-2+. The predicted octanol–water partition coefficient (Wildman–Crippen LogP) is 3.60. The minimum Gasteiger partial charge on any atom is -0.503 e. The van der Waals surface area contributed by atoms with Crippen LogP contribution in [0, 0.1) is 11.3 Å². The van der Waals surface area contributed by atoms with E-state index >= 15 is 0 Å². The lowest BCUT2D eigenvalue weighted by molar-refractivity contribution is 0.372. The number of halogens is 1. The number of hydrogen-bond acceptors (Lipinski definition) is 4. The van der Waals surface area contributed by atoms with E-state index in [0.717, 1.165) is 11.1 Å². The van der Waals surface area contributed by atoms with Gasteiger partial charge in [0.05, 0.1) is 17.1 Å². The van der Waals surface area contributed by atoms with Crippen molar-refractivity contribution in [3.8, 4) is 17.6 Å². The number of aromatic nitrogens is 1. The monoisotopic (exact) mass is 330 g/mol. The molecule has 1 N–H and O–H groups in total. The molecule has 0 aliphatic rings. The van der Waals surface area contributed by atoms with Crippen LogP contribution in [-0.2, 0) is 0 Å². The summed E-state index contributed by atoms with van der Waals surface area (Å²) >= 11 is 3.27. The smallest absolute Gasteiger partial charge is 0.172 e. The Hall–Kier alpha value is -2.32. The van der Waals surface area contributed by atoms with Crippen LogP contribution in [0.2, 0.25) is 0 Å². The Morgan fingerprint density at radius 1 is 1.40 bits per heavy atom. The van der Waals surface area contributed by atoms with Gasteiger partial charge in [0.15, 0.2) is 11.5 Å². The van der Waals surface area contributed by atoms with E-state index in [2.05, 4.69) is 27.0 Å². The molecule has 4 nitrogen and oxygen atoms in total. The van der Waals surface area contributed by atoms with E-state index in [0.29, 0.717) is 15.8 Å². The second-order valence-electron chi connectivity index (χ2n) is 3.96. The SMILES string of the molecule is COc1cc(/C=C/c2ccncc2C#N)cc(Br)c1O. The van der Waals surface area contributed by atoms with Crippen LogP contribution in [0.1, 0.15) is 16.7 Å². The van der Waals surface area contributed by atoms with E-state index in [1.807, 2.05) is 12.2 Å². The second-order valence-corrected chi connectivity index (χ2v) is 4.82. The molecule has 0 aliphatic heterocycles. The number of benzene rings is 1. The Morgan fingerprint density at radius 3 is 2.90 bits per heavy atom. The van der Waals surface area contributed by atoms with E-state index in [9.17, 15) is 5.11 Å². The summed E-state index contributed by atoms with van der Waals surface area (Å²) < 4.78 is 5.64. The third kappa shape index (κ3) is 2.98. The fourth-order valence-corrected chi connectivity index (χ4v) is 2.14. The van der Waals surface area contributed by atoms with Gasteiger partial charge in [0.1, 0.15) is 6.07 Å². The van der Waals surface area contributed by atoms with Crippen molar-refractivity contribution >= 4 is 28.1 Å². The van der Waals surface area contributed by atoms with Crippen LogP contribution in [0.25, 0.3) is 12.2 Å². The van der Waals surface area contributed by atoms with Crippen molar-refractivity contribution in [2.75, 3.05) is 7.11 Å². The number of aromatic hydroxyl groups is 1. The van der Waals surface area contributed by atoms with Crippen LogP contribution < -0.4 is 4.74 Å². The van der Waals surface area contributed by atoms with E-state index in [1.165, 1.54) is 13.3 Å². The summed E-state index contributed by atoms with van der Waals surface area (Å²) in [5, 5.41) is 18.7. The zero-order valence-electron chi connectivity index (χ0n) is 10.7. The lowest BCUT2D eigenvalue weighted by Crippen LogP contribution is -1.86. The molecule has 0 amide bonds. The first-order chi connectivity index (χ1) is 9.65. The fourth-order valence-electron chi connectivity index (χ4n) is 1.68. The molecule has 0 atom stereocenters. The minimum atomic E-state index is 0.0614. The molecule has 20 heavy (non-hydrogen) atoms. The molecular weight excluding hydrogens is 320 g/mol. The molecule has 100 valence electrons. The highest BCUT2D eigenvalue weighted by molar-refractivity contribution is 9.10. The van der Waals surface area contributed by atoms with Crippen LogP contribution in [0.5, 0.6) is 11.5 Å². The lowest BCUT2D eigenvalue weighted by atomic mass is 10.1. The van der Waals surface area contributed by atoms with Crippen molar-refractivity contribution in [3.63, 3.8) is 0 Å². The van der Waals surface area contributed by atoms with Crippen molar-refractivity contribution in [2.45, 2.75) is 0 Å². The average Bonchev–Trinajstić information content (AvgIpc) is 2.48. The molecule has 0 radical (unpaired) electrons. The number of ether oxygens (including phenoxy) is 1. The van der Waals surface area contributed by atoms with Crippen molar-refractivity contribution < 1.29 is 9.84 Å². The van der Waals surface area contributed by atoms with Crippen LogP contribution in [-0.4, -0.2) is 17.2 Å². The molecule has 1 aromatic heterocycles. The summed E-state index contributed by atoms with van der Waals surface area (Å²) in [7, 11) is 1.49. The molecule has 0 spiro atoms. The topological polar surface area (TPSA) is 66.1 Å². The molecular formula is C15H11BrN2O2. The zero-order chi connectivity index (χ0) is 14.5. The first-order valence-electron chi connectivity index (χ1n) is 5.74. The molecule has 0 bridgehead atoms. The van der Waals surface area contributed by atoms with Gasteiger partial charge in [-0.1, -0.05) is 12.2 Å². The number of hydrogen-bond donors (Lipinski definition) is 1. The maximum absolute atomic E-state index is 9.74. The van der Waals surface area contributed by atoms with Gasteiger partial charge in [0.25, 0.3) is 0 Å². The molecule has 5 heteroatoms.